The second-order valence-electron chi connectivity index (χ2n) is 6.60. The number of morpholine rings is 1. The van der Waals surface area contributed by atoms with Gasteiger partial charge in [-0.2, -0.15) is 0 Å². The van der Waals surface area contributed by atoms with E-state index in [4.69, 9.17) is 4.74 Å². The number of hydrogen-bond acceptors (Lipinski definition) is 4. The Labute approximate surface area is 118 Å². The molecule has 0 aromatic rings. The van der Waals surface area contributed by atoms with Gasteiger partial charge in [0.2, 0.25) is 0 Å². The van der Waals surface area contributed by atoms with E-state index < -0.39 is 0 Å². The molecule has 1 N–H and O–H groups in total. The van der Waals surface area contributed by atoms with Crippen LogP contribution in [0.15, 0.2) is 0 Å². The van der Waals surface area contributed by atoms with Crippen molar-refractivity contribution in [1.82, 2.24) is 15.1 Å². The third kappa shape index (κ3) is 5.03. The van der Waals surface area contributed by atoms with Gasteiger partial charge in [0, 0.05) is 32.2 Å². The van der Waals surface area contributed by atoms with Gasteiger partial charge < -0.3 is 15.0 Å². The van der Waals surface area contributed by atoms with Gasteiger partial charge in [0.1, 0.15) is 0 Å². The molecule has 0 aromatic heterocycles. The summed E-state index contributed by atoms with van der Waals surface area (Å²) in [6.07, 6.45) is 3.09. The summed E-state index contributed by atoms with van der Waals surface area (Å²) in [5, 5.41) is 3.61. The molecular formula is C15H31N3O. The van der Waals surface area contributed by atoms with Crippen LogP contribution in [0.25, 0.3) is 0 Å². The molecule has 4 nitrogen and oxygen atoms in total. The zero-order valence-corrected chi connectivity index (χ0v) is 12.9. The second-order valence-corrected chi connectivity index (χ2v) is 6.60. The van der Waals surface area contributed by atoms with E-state index in [1.165, 1.54) is 19.4 Å². The maximum atomic E-state index is 5.90. The minimum absolute atomic E-state index is 0.407. The van der Waals surface area contributed by atoms with Gasteiger partial charge in [-0.25, -0.2) is 0 Å². The Balaban J connectivity index is 1.72. The first kappa shape index (κ1) is 15.2. The summed E-state index contributed by atoms with van der Waals surface area (Å²) in [7, 11) is 2.20. The molecule has 19 heavy (non-hydrogen) atoms. The first-order chi connectivity index (χ1) is 9.15. The van der Waals surface area contributed by atoms with Crippen molar-refractivity contribution in [2.24, 2.45) is 5.92 Å². The van der Waals surface area contributed by atoms with E-state index in [2.05, 4.69) is 36.0 Å². The Morgan fingerprint density at radius 1 is 1.32 bits per heavy atom. The maximum absolute atomic E-state index is 5.90. The van der Waals surface area contributed by atoms with Crippen molar-refractivity contribution < 1.29 is 4.74 Å². The van der Waals surface area contributed by atoms with Crippen molar-refractivity contribution >= 4 is 0 Å². The fourth-order valence-electron chi connectivity index (χ4n) is 3.14. The first-order valence-corrected chi connectivity index (χ1v) is 7.90. The molecule has 2 aliphatic rings. The molecule has 4 heteroatoms. The lowest BCUT2D eigenvalue weighted by Gasteiger charge is -2.34. The fraction of sp³-hybridized carbons (Fsp3) is 1.00. The van der Waals surface area contributed by atoms with Crippen molar-refractivity contribution in [3.05, 3.63) is 0 Å². The summed E-state index contributed by atoms with van der Waals surface area (Å²) < 4.78 is 5.90. The van der Waals surface area contributed by atoms with Crippen LogP contribution in [-0.4, -0.2) is 74.9 Å². The molecule has 2 fully saturated rings. The summed E-state index contributed by atoms with van der Waals surface area (Å²) in [6, 6.07) is 0.717. The van der Waals surface area contributed by atoms with Crippen LogP contribution in [0.3, 0.4) is 0 Å². The monoisotopic (exact) mass is 269 g/mol. The van der Waals surface area contributed by atoms with Gasteiger partial charge in [-0.05, 0) is 38.9 Å². The molecule has 0 amide bonds. The molecule has 2 heterocycles. The summed E-state index contributed by atoms with van der Waals surface area (Å²) in [6.45, 7) is 12.2. The minimum Gasteiger partial charge on any atom is -0.374 e. The SMILES string of the molecule is CC(C)CNCC1CCCN1CC1CN(C)CCO1. The zero-order valence-electron chi connectivity index (χ0n) is 12.9. The van der Waals surface area contributed by atoms with Gasteiger partial charge >= 0.3 is 0 Å². The lowest BCUT2D eigenvalue weighted by molar-refractivity contribution is -0.0371. The van der Waals surface area contributed by atoms with E-state index in [0.29, 0.717) is 6.10 Å². The molecule has 0 saturated carbocycles. The number of rotatable bonds is 6. The number of hydrogen-bond donors (Lipinski definition) is 1. The number of nitrogens with one attached hydrogen (secondary N) is 1. The van der Waals surface area contributed by atoms with Crippen molar-refractivity contribution in [3.63, 3.8) is 0 Å². The highest BCUT2D eigenvalue weighted by Gasteiger charge is 2.28. The third-order valence-corrected chi connectivity index (χ3v) is 4.21. The van der Waals surface area contributed by atoms with Gasteiger partial charge in [0.15, 0.2) is 0 Å². The highest BCUT2D eigenvalue weighted by molar-refractivity contribution is 4.84. The van der Waals surface area contributed by atoms with Crippen LogP contribution in [0.4, 0.5) is 0 Å². The van der Waals surface area contributed by atoms with Crippen LogP contribution in [0.1, 0.15) is 26.7 Å². The normalized spacial score (nSPS) is 30.3. The predicted octanol–water partition coefficient (Wildman–Crippen LogP) is 1.03. The number of likely N-dealkylation sites (N-methyl/N-ethyl adjacent to an activating group) is 1. The predicted molar refractivity (Wildman–Crippen MR) is 79.5 cm³/mol. The van der Waals surface area contributed by atoms with E-state index in [1.807, 2.05) is 0 Å². The average molecular weight is 269 g/mol. The largest absolute Gasteiger partial charge is 0.374 e. The van der Waals surface area contributed by atoms with E-state index >= 15 is 0 Å². The molecule has 0 spiro atoms. The van der Waals surface area contributed by atoms with E-state index in [9.17, 15) is 0 Å². The Kier molecular flexibility index (Phi) is 6.07. The molecule has 112 valence electrons. The summed E-state index contributed by atoms with van der Waals surface area (Å²) in [5.41, 5.74) is 0. The first-order valence-electron chi connectivity index (χ1n) is 7.90. The smallest absolute Gasteiger partial charge is 0.0829 e. The van der Waals surface area contributed by atoms with Crippen molar-refractivity contribution in [2.45, 2.75) is 38.8 Å². The Morgan fingerprint density at radius 3 is 2.89 bits per heavy atom. The molecule has 2 rings (SSSR count). The van der Waals surface area contributed by atoms with Crippen LogP contribution in [0.5, 0.6) is 0 Å². The van der Waals surface area contributed by atoms with Crippen LogP contribution in [0.2, 0.25) is 0 Å². The number of nitrogens with zero attached hydrogens (tertiary/aromatic N) is 2. The van der Waals surface area contributed by atoms with Crippen LogP contribution in [0, 0.1) is 5.92 Å². The molecule has 0 bridgehead atoms. The molecule has 2 atom stereocenters. The summed E-state index contributed by atoms with van der Waals surface area (Å²) >= 11 is 0. The van der Waals surface area contributed by atoms with Gasteiger partial charge in [0.25, 0.3) is 0 Å². The Bertz CT molecular complexity index is 260. The standard InChI is InChI=1S/C15H31N3O/c1-13(2)9-16-10-14-5-4-6-18(14)12-15-11-17(3)7-8-19-15/h13-16H,4-12H2,1-3H3. The Hall–Kier alpha value is -0.160. The van der Waals surface area contributed by atoms with Gasteiger partial charge in [-0.15, -0.1) is 0 Å². The lowest BCUT2D eigenvalue weighted by atomic mass is 10.2. The molecule has 2 unspecified atom stereocenters. The highest BCUT2D eigenvalue weighted by atomic mass is 16.5. The minimum atomic E-state index is 0.407. The lowest BCUT2D eigenvalue weighted by Crippen LogP contribution is -2.48. The molecule has 0 radical (unpaired) electrons. The van der Waals surface area contributed by atoms with Gasteiger partial charge in [0.05, 0.1) is 12.7 Å². The third-order valence-electron chi connectivity index (χ3n) is 4.21. The number of ether oxygens (including phenoxy) is 1. The highest BCUT2D eigenvalue weighted by Crippen LogP contribution is 2.18. The molecule has 2 saturated heterocycles. The van der Waals surface area contributed by atoms with Crippen molar-refractivity contribution in [1.29, 1.82) is 0 Å². The summed E-state index contributed by atoms with van der Waals surface area (Å²) in [5.74, 6) is 0.741. The van der Waals surface area contributed by atoms with Crippen LogP contribution >= 0.6 is 0 Å². The maximum Gasteiger partial charge on any atom is 0.0829 e. The topological polar surface area (TPSA) is 27.7 Å². The quantitative estimate of drug-likeness (QED) is 0.779. The fourth-order valence-corrected chi connectivity index (χ4v) is 3.14. The van der Waals surface area contributed by atoms with Gasteiger partial charge in [-0.1, -0.05) is 13.8 Å². The average Bonchev–Trinajstić information content (AvgIpc) is 2.76. The molecule has 0 aromatic carbocycles. The van der Waals surface area contributed by atoms with Crippen LogP contribution < -0.4 is 5.32 Å². The van der Waals surface area contributed by atoms with E-state index in [-0.39, 0.29) is 0 Å². The number of likely N-dealkylation sites (tertiary alicyclic amines) is 1. The molecular weight excluding hydrogens is 238 g/mol. The van der Waals surface area contributed by atoms with Gasteiger partial charge in [-0.3, -0.25) is 4.90 Å². The van der Waals surface area contributed by atoms with Crippen LogP contribution in [-0.2, 0) is 4.74 Å². The zero-order chi connectivity index (χ0) is 13.7. The van der Waals surface area contributed by atoms with E-state index in [0.717, 1.165) is 51.3 Å². The van der Waals surface area contributed by atoms with E-state index in [1.54, 1.807) is 0 Å². The molecule has 0 aliphatic carbocycles. The van der Waals surface area contributed by atoms with Crippen molar-refractivity contribution in [2.75, 3.05) is 52.9 Å². The van der Waals surface area contributed by atoms with Crippen molar-refractivity contribution in [3.8, 4) is 0 Å². The second kappa shape index (κ2) is 7.58. The summed E-state index contributed by atoms with van der Waals surface area (Å²) in [4.78, 5) is 5.02. The Morgan fingerprint density at radius 2 is 2.16 bits per heavy atom. The molecule has 2 aliphatic heterocycles.